The van der Waals surface area contributed by atoms with Gasteiger partial charge in [-0.15, -0.1) is 0 Å². The van der Waals surface area contributed by atoms with Crippen molar-refractivity contribution in [2.24, 2.45) is 7.05 Å². The highest BCUT2D eigenvalue weighted by atomic mass is 16.7. The van der Waals surface area contributed by atoms with Crippen molar-refractivity contribution in [3.8, 4) is 11.5 Å². The number of fused-ring (bicyclic) bond motifs is 4. The van der Waals surface area contributed by atoms with Gasteiger partial charge in [0.25, 0.3) is 0 Å². The molecule has 1 aromatic heterocycles. The van der Waals surface area contributed by atoms with E-state index >= 15 is 0 Å². The van der Waals surface area contributed by atoms with Gasteiger partial charge in [0, 0.05) is 43.2 Å². The van der Waals surface area contributed by atoms with Crippen LogP contribution in [0.2, 0.25) is 0 Å². The van der Waals surface area contributed by atoms with Crippen molar-refractivity contribution in [2.45, 2.75) is 18.5 Å². The van der Waals surface area contributed by atoms with E-state index in [1.54, 1.807) is 11.9 Å². The van der Waals surface area contributed by atoms with E-state index in [-0.39, 0.29) is 31.2 Å². The average Bonchev–Trinajstić information content (AvgIpc) is 3.33. The summed E-state index contributed by atoms with van der Waals surface area (Å²) in [5.74, 6) is 1.32. The van der Waals surface area contributed by atoms with Crippen LogP contribution in [0.4, 0.5) is 0 Å². The summed E-state index contributed by atoms with van der Waals surface area (Å²) in [6.45, 7) is 0.279. The summed E-state index contributed by atoms with van der Waals surface area (Å²) in [5.41, 5.74) is 4.13. The topological polar surface area (TPSA) is 64.0 Å². The standard InChI is InChI=1S/C23H21N3O4/c1-24-10-16(14-5-3-4-6-17(14)24)22-15-9-20-19(29-12-30-20)8-13(15)7-18-23(28)25(2)11-21(27)26(18)22/h3-6,8-10,18,22H,7,11-12H2,1-2H3. The molecule has 2 atom stereocenters. The lowest BCUT2D eigenvalue weighted by Crippen LogP contribution is -2.62. The molecule has 7 heteroatoms. The minimum absolute atomic E-state index is 0.0249. The molecule has 3 aliphatic rings. The molecular weight excluding hydrogens is 382 g/mol. The van der Waals surface area contributed by atoms with Gasteiger partial charge >= 0.3 is 0 Å². The fourth-order valence-corrected chi connectivity index (χ4v) is 5.12. The van der Waals surface area contributed by atoms with Gasteiger partial charge in [-0.2, -0.15) is 0 Å². The highest BCUT2D eigenvalue weighted by Gasteiger charge is 2.47. The van der Waals surface area contributed by atoms with E-state index in [1.807, 2.05) is 31.3 Å². The molecule has 152 valence electrons. The number of nitrogens with zero attached hydrogens (tertiary/aromatic N) is 3. The summed E-state index contributed by atoms with van der Waals surface area (Å²) in [6, 6.07) is 11.2. The first kappa shape index (κ1) is 17.4. The molecule has 1 saturated heterocycles. The Labute approximate surface area is 173 Å². The number of rotatable bonds is 1. The molecule has 2 aromatic carbocycles. The van der Waals surface area contributed by atoms with Crippen LogP contribution in [-0.4, -0.2) is 52.6 Å². The molecule has 0 N–H and O–H groups in total. The minimum atomic E-state index is -0.520. The molecule has 4 heterocycles. The summed E-state index contributed by atoms with van der Waals surface area (Å²) < 4.78 is 13.3. The molecule has 3 aliphatic heterocycles. The van der Waals surface area contributed by atoms with Crippen LogP contribution in [-0.2, 0) is 23.1 Å². The van der Waals surface area contributed by atoms with Gasteiger partial charge in [-0.1, -0.05) is 18.2 Å². The normalized spacial score (nSPS) is 22.5. The van der Waals surface area contributed by atoms with Gasteiger partial charge in [-0.25, -0.2) is 0 Å². The van der Waals surface area contributed by atoms with Crippen molar-refractivity contribution in [1.29, 1.82) is 0 Å². The fraction of sp³-hybridized carbons (Fsp3) is 0.304. The maximum absolute atomic E-state index is 13.2. The second kappa shape index (κ2) is 6.01. The highest BCUT2D eigenvalue weighted by Crippen LogP contribution is 2.46. The first-order valence-corrected chi connectivity index (χ1v) is 10.1. The van der Waals surface area contributed by atoms with Gasteiger partial charge < -0.3 is 23.8 Å². The molecule has 30 heavy (non-hydrogen) atoms. The van der Waals surface area contributed by atoms with Crippen molar-refractivity contribution < 1.29 is 19.1 Å². The monoisotopic (exact) mass is 403 g/mol. The Hall–Kier alpha value is -3.48. The van der Waals surface area contributed by atoms with E-state index in [0.29, 0.717) is 17.9 Å². The van der Waals surface area contributed by atoms with Crippen LogP contribution in [0.1, 0.15) is 22.7 Å². The summed E-state index contributed by atoms with van der Waals surface area (Å²) in [7, 11) is 3.70. The third-order valence-corrected chi connectivity index (χ3v) is 6.50. The molecule has 0 radical (unpaired) electrons. The van der Waals surface area contributed by atoms with Gasteiger partial charge in [0.1, 0.15) is 6.04 Å². The Balaban J connectivity index is 1.63. The largest absolute Gasteiger partial charge is 0.454 e. The van der Waals surface area contributed by atoms with Gasteiger partial charge in [0.15, 0.2) is 11.5 Å². The highest BCUT2D eigenvalue weighted by molar-refractivity contribution is 5.97. The molecule has 6 rings (SSSR count). The molecule has 1 fully saturated rings. The second-order valence-corrected chi connectivity index (χ2v) is 8.23. The van der Waals surface area contributed by atoms with Crippen molar-refractivity contribution >= 4 is 22.7 Å². The number of hydrogen-bond donors (Lipinski definition) is 0. The Morgan fingerprint density at radius 3 is 2.60 bits per heavy atom. The third kappa shape index (κ3) is 2.26. The number of amides is 2. The minimum Gasteiger partial charge on any atom is -0.454 e. The predicted molar refractivity (Wildman–Crippen MR) is 109 cm³/mol. The molecule has 3 aromatic rings. The number of carbonyl (C=O) groups is 2. The van der Waals surface area contributed by atoms with E-state index in [0.717, 1.165) is 27.6 Å². The maximum Gasteiger partial charge on any atom is 0.245 e. The van der Waals surface area contributed by atoms with Crippen LogP contribution in [0.3, 0.4) is 0 Å². The Morgan fingerprint density at radius 1 is 1.00 bits per heavy atom. The van der Waals surface area contributed by atoms with E-state index in [1.165, 1.54) is 4.90 Å². The fourth-order valence-electron chi connectivity index (χ4n) is 5.12. The Bertz CT molecular complexity index is 1230. The number of aromatic nitrogens is 1. The summed E-state index contributed by atoms with van der Waals surface area (Å²) >= 11 is 0. The molecule has 2 unspecified atom stereocenters. The van der Waals surface area contributed by atoms with Gasteiger partial charge in [-0.05, 0) is 29.3 Å². The molecule has 0 bridgehead atoms. The summed E-state index contributed by atoms with van der Waals surface area (Å²) in [5, 5.41) is 1.08. The maximum atomic E-state index is 13.2. The van der Waals surface area contributed by atoms with Gasteiger partial charge in [0.2, 0.25) is 18.6 Å². The van der Waals surface area contributed by atoms with Crippen molar-refractivity contribution in [2.75, 3.05) is 20.4 Å². The van der Waals surface area contributed by atoms with Crippen LogP contribution in [0.5, 0.6) is 11.5 Å². The van der Waals surface area contributed by atoms with Crippen LogP contribution < -0.4 is 9.47 Å². The van der Waals surface area contributed by atoms with E-state index < -0.39 is 6.04 Å². The quantitative estimate of drug-likeness (QED) is 0.625. The van der Waals surface area contributed by atoms with Crippen LogP contribution >= 0.6 is 0 Å². The number of benzene rings is 2. The number of likely N-dealkylation sites (N-methyl/N-ethyl adjacent to an activating group) is 1. The van der Waals surface area contributed by atoms with Gasteiger partial charge in [-0.3, -0.25) is 9.59 Å². The van der Waals surface area contributed by atoms with E-state index in [2.05, 4.69) is 22.9 Å². The average molecular weight is 403 g/mol. The molecular formula is C23H21N3O4. The lowest BCUT2D eigenvalue weighted by molar-refractivity contribution is -0.157. The van der Waals surface area contributed by atoms with Crippen molar-refractivity contribution in [1.82, 2.24) is 14.4 Å². The number of ether oxygens (including phenoxy) is 2. The lowest BCUT2D eigenvalue weighted by Gasteiger charge is -2.47. The molecule has 0 spiro atoms. The number of para-hydroxylation sites is 1. The molecule has 2 amide bonds. The van der Waals surface area contributed by atoms with Crippen molar-refractivity contribution in [3.63, 3.8) is 0 Å². The molecule has 0 aliphatic carbocycles. The summed E-state index contributed by atoms with van der Waals surface area (Å²) in [6.07, 6.45) is 2.55. The van der Waals surface area contributed by atoms with Crippen LogP contribution in [0.15, 0.2) is 42.6 Å². The first-order chi connectivity index (χ1) is 14.5. The third-order valence-electron chi connectivity index (χ3n) is 6.50. The summed E-state index contributed by atoms with van der Waals surface area (Å²) in [4.78, 5) is 29.6. The van der Waals surface area contributed by atoms with E-state index in [4.69, 9.17) is 9.47 Å². The Morgan fingerprint density at radius 2 is 1.77 bits per heavy atom. The number of hydrogen-bond acceptors (Lipinski definition) is 4. The zero-order valence-electron chi connectivity index (χ0n) is 16.8. The molecule has 7 nitrogen and oxygen atoms in total. The predicted octanol–water partition coefficient (Wildman–Crippen LogP) is 2.22. The SMILES string of the molecule is CN1CC(=O)N2C(Cc3cc4c(cc3C2c2cn(C)c3ccccc23)OCO4)C1=O. The Kier molecular flexibility index (Phi) is 3.48. The second-order valence-electron chi connectivity index (χ2n) is 8.23. The number of carbonyl (C=O) groups excluding carboxylic acids is 2. The van der Waals surface area contributed by atoms with E-state index in [9.17, 15) is 9.59 Å². The smallest absolute Gasteiger partial charge is 0.245 e. The zero-order chi connectivity index (χ0) is 20.6. The number of piperazine rings is 1. The van der Waals surface area contributed by atoms with Crippen molar-refractivity contribution in [3.05, 3.63) is 59.3 Å². The first-order valence-electron chi connectivity index (χ1n) is 10.1. The lowest BCUT2D eigenvalue weighted by atomic mass is 9.82. The van der Waals surface area contributed by atoms with Gasteiger partial charge in [0.05, 0.1) is 12.6 Å². The van der Waals surface area contributed by atoms with Crippen LogP contribution in [0.25, 0.3) is 10.9 Å². The molecule has 0 saturated carbocycles. The van der Waals surface area contributed by atoms with Crippen LogP contribution in [0, 0.1) is 0 Å². The number of aryl methyl sites for hydroxylation is 1. The zero-order valence-corrected chi connectivity index (χ0v) is 16.8.